The van der Waals surface area contributed by atoms with Gasteiger partial charge in [-0.1, -0.05) is 6.42 Å². The Labute approximate surface area is 122 Å². The van der Waals surface area contributed by atoms with Gasteiger partial charge < -0.3 is 5.11 Å². The fourth-order valence-corrected chi connectivity index (χ4v) is 6.40. The van der Waals surface area contributed by atoms with E-state index in [0.29, 0.717) is 30.5 Å². The standard InChI is InChI=1S/C13H17NO4S2/c1-8-5-11(19-12(8)13(15)16)20(17,18)14-6-9-3-2-4-10(9)7-14/h5,9-10H,2-4,6-7H2,1H3,(H,15,16)/t9-,10-/m1/s1. The quantitative estimate of drug-likeness (QED) is 0.927. The molecule has 1 aromatic heterocycles. The van der Waals surface area contributed by atoms with Crippen molar-refractivity contribution in [3.63, 3.8) is 0 Å². The van der Waals surface area contributed by atoms with Crippen LogP contribution < -0.4 is 0 Å². The van der Waals surface area contributed by atoms with Crippen molar-refractivity contribution in [3.8, 4) is 0 Å². The first-order valence-electron chi connectivity index (χ1n) is 6.73. The molecule has 0 bridgehead atoms. The third-order valence-electron chi connectivity index (χ3n) is 4.38. The maximum atomic E-state index is 12.6. The number of fused-ring (bicyclic) bond motifs is 1. The summed E-state index contributed by atoms with van der Waals surface area (Å²) in [5.74, 6) is -0.0817. The van der Waals surface area contributed by atoms with Crippen LogP contribution in [0.2, 0.25) is 0 Å². The van der Waals surface area contributed by atoms with E-state index >= 15 is 0 Å². The Hall–Kier alpha value is -0.920. The number of rotatable bonds is 3. The molecule has 2 atom stereocenters. The zero-order chi connectivity index (χ0) is 14.5. The van der Waals surface area contributed by atoms with Crippen LogP contribution >= 0.6 is 11.3 Å². The molecule has 0 aromatic carbocycles. The minimum Gasteiger partial charge on any atom is -0.477 e. The van der Waals surface area contributed by atoms with E-state index in [2.05, 4.69) is 0 Å². The van der Waals surface area contributed by atoms with E-state index in [1.807, 2.05) is 0 Å². The predicted molar refractivity (Wildman–Crippen MR) is 75.6 cm³/mol. The van der Waals surface area contributed by atoms with Crippen molar-refractivity contribution in [1.29, 1.82) is 0 Å². The van der Waals surface area contributed by atoms with Crippen molar-refractivity contribution in [3.05, 3.63) is 16.5 Å². The Kier molecular flexibility index (Phi) is 3.38. The van der Waals surface area contributed by atoms with Crippen LogP contribution in [0.3, 0.4) is 0 Å². The van der Waals surface area contributed by atoms with Gasteiger partial charge in [0.25, 0.3) is 10.0 Å². The molecular formula is C13H17NO4S2. The number of aromatic carboxylic acids is 1. The molecule has 7 heteroatoms. The van der Waals surface area contributed by atoms with Crippen LogP contribution in [0.1, 0.15) is 34.5 Å². The largest absolute Gasteiger partial charge is 0.477 e. The van der Waals surface area contributed by atoms with Gasteiger partial charge in [-0.3, -0.25) is 0 Å². The van der Waals surface area contributed by atoms with Crippen LogP contribution in [0.4, 0.5) is 0 Å². The van der Waals surface area contributed by atoms with Crippen molar-refractivity contribution in [1.82, 2.24) is 4.31 Å². The second-order valence-electron chi connectivity index (χ2n) is 5.66. The number of hydrogen-bond acceptors (Lipinski definition) is 4. The number of aryl methyl sites for hydroxylation is 1. The van der Waals surface area contributed by atoms with Crippen LogP contribution in [0, 0.1) is 18.8 Å². The van der Waals surface area contributed by atoms with E-state index in [1.165, 1.54) is 12.5 Å². The highest BCUT2D eigenvalue weighted by Crippen LogP contribution is 2.40. The van der Waals surface area contributed by atoms with Gasteiger partial charge in [-0.05, 0) is 43.2 Å². The highest BCUT2D eigenvalue weighted by molar-refractivity contribution is 7.91. The number of hydrogen-bond donors (Lipinski definition) is 1. The second-order valence-corrected chi connectivity index (χ2v) is 8.87. The summed E-state index contributed by atoms with van der Waals surface area (Å²) in [5, 5.41) is 9.04. The van der Waals surface area contributed by atoms with Crippen molar-refractivity contribution < 1.29 is 18.3 Å². The van der Waals surface area contributed by atoms with Gasteiger partial charge in [-0.15, -0.1) is 11.3 Å². The average Bonchev–Trinajstić information content (AvgIpc) is 3.00. The molecular weight excluding hydrogens is 298 g/mol. The molecule has 1 aliphatic carbocycles. The number of carboxylic acids is 1. The molecule has 5 nitrogen and oxygen atoms in total. The Morgan fingerprint density at radius 2 is 1.95 bits per heavy atom. The molecule has 2 fully saturated rings. The molecule has 1 saturated heterocycles. The molecule has 0 amide bonds. The summed E-state index contributed by atoms with van der Waals surface area (Å²) in [6, 6.07) is 1.48. The fraction of sp³-hybridized carbons (Fsp3) is 0.615. The number of carbonyl (C=O) groups is 1. The van der Waals surface area contributed by atoms with E-state index in [1.54, 1.807) is 11.2 Å². The van der Waals surface area contributed by atoms with Gasteiger partial charge in [0.2, 0.25) is 0 Å². The van der Waals surface area contributed by atoms with Crippen LogP contribution in [-0.4, -0.2) is 36.9 Å². The van der Waals surface area contributed by atoms with Crippen molar-refractivity contribution in [2.75, 3.05) is 13.1 Å². The first-order chi connectivity index (χ1) is 9.39. The van der Waals surface area contributed by atoms with Crippen LogP contribution in [0.15, 0.2) is 10.3 Å². The highest BCUT2D eigenvalue weighted by Gasteiger charge is 2.42. The van der Waals surface area contributed by atoms with E-state index in [0.717, 1.165) is 24.2 Å². The molecule has 20 heavy (non-hydrogen) atoms. The predicted octanol–water partition coefficient (Wildman–Crippen LogP) is 2.18. The van der Waals surface area contributed by atoms with Gasteiger partial charge in [0.1, 0.15) is 9.09 Å². The zero-order valence-electron chi connectivity index (χ0n) is 11.2. The summed E-state index contributed by atoms with van der Waals surface area (Å²) < 4.78 is 26.9. The number of thiophene rings is 1. The lowest BCUT2D eigenvalue weighted by Gasteiger charge is -2.15. The molecule has 1 aliphatic heterocycles. The second kappa shape index (κ2) is 4.82. The number of sulfonamides is 1. The first-order valence-corrected chi connectivity index (χ1v) is 8.99. The Morgan fingerprint density at radius 3 is 2.45 bits per heavy atom. The summed E-state index contributed by atoms with van der Waals surface area (Å²) in [6.45, 7) is 2.82. The molecule has 1 N–H and O–H groups in total. The summed E-state index contributed by atoms with van der Waals surface area (Å²) in [7, 11) is -3.53. The normalized spacial score (nSPS) is 26.9. The van der Waals surface area contributed by atoms with Crippen molar-refractivity contribution in [2.45, 2.75) is 30.4 Å². The molecule has 1 aromatic rings. The van der Waals surface area contributed by atoms with Crippen molar-refractivity contribution >= 4 is 27.3 Å². The molecule has 0 unspecified atom stereocenters. The lowest BCUT2D eigenvalue weighted by molar-refractivity contribution is 0.0701. The van der Waals surface area contributed by atoms with E-state index in [-0.39, 0.29) is 9.09 Å². The molecule has 2 heterocycles. The van der Waals surface area contributed by atoms with Crippen LogP contribution in [0.25, 0.3) is 0 Å². The third kappa shape index (κ3) is 2.17. The summed E-state index contributed by atoms with van der Waals surface area (Å²) in [5.41, 5.74) is 0.514. The maximum Gasteiger partial charge on any atom is 0.346 e. The topological polar surface area (TPSA) is 74.7 Å². The molecule has 110 valence electrons. The molecule has 2 aliphatic rings. The maximum absolute atomic E-state index is 12.6. The average molecular weight is 315 g/mol. The molecule has 3 rings (SSSR count). The van der Waals surface area contributed by atoms with Gasteiger partial charge >= 0.3 is 5.97 Å². The molecule has 1 saturated carbocycles. The van der Waals surface area contributed by atoms with Gasteiger partial charge in [0.05, 0.1) is 0 Å². The fourth-order valence-electron chi connectivity index (χ4n) is 3.31. The van der Waals surface area contributed by atoms with Gasteiger partial charge in [-0.2, -0.15) is 4.31 Å². The smallest absolute Gasteiger partial charge is 0.346 e. The minimum atomic E-state index is -3.53. The van der Waals surface area contributed by atoms with Gasteiger partial charge in [-0.25, -0.2) is 13.2 Å². The Balaban J connectivity index is 1.89. The molecule has 0 spiro atoms. The Bertz CT molecular complexity index is 637. The third-order valence-corrected chi connectivity index (χ3v) is 7.88. The minimum absolute atomic E-state index is 0.114. The Morgan fingerprint density at radius 1 is 1.35 bits per heavy atom. The number of nitrogens with zero attached hydrogens (tertiary/aromatic N) is 1. The first kappa shape index (κ1) is 14.0. The summed E-state index contributed by atoms with van der Waals surface area (Å²) in [4.78, 5) is 11.2. The highest BCUT2D eigenvalue weighted by atomic mass is 32.2. The van der Waals surface area contributed by atoms with Gasteiger partial charge in [0, 0.05) is 13.1 Å². The molecule has 0 radical (unpaired) electrons. The lowest BCUT2D eigenvalue weighted by atomic mass is 10.0. The van der Waals surface area contributed by atoms with Crippen molar-refractivity contribution in [2.24, 2.45) is 11.8 Å². The van der Waals surface area contributed by atoms with E-state index in [9.17, 15) is 13.2 Å². The monoisotopic (exact) mass is 315 g/mol. The van der Waals surface area contributed by atoms with Crippen LogP contribution in [-0.2, 0) is 10.0 Å². The zero-order valence-corrected chi connectivity index (χ0v) is 12.8. The number of carboxylic acid groups (broad SMARTS) is 1. The summed E-state index contributed by atoms with van der Waals surface area (Å²) >= 11 is 0.860. The van der Waals surface area contributed by atoms with Crippen LogP contribution in [0.5, 0.6) is 0 Å². The van der Waals surface area contributed by atoms with E-state index < -0.39 is 16.0 Å². The lowest BCUT2D eigenvalue weighted by Crippen LogP contribution is -2.29. The summed E-state index contributed by atoms with van der Waals surface area (Å²) in [6.07, 6.45) is 3.42. The SMILES string of the molecule is Cc1cc(S(=O)(=O)N2C[C@H]3CCC[C@@H]3C2)sc1C(=O)O. The van der Waals surface area contributed by atoms with E-state index in [4.69, 9.17) is 5.11 Å². The van der Waals surface area contributed by atoms with Gasteiger partial charge in [0.15, 0.2) is 0 Å².